The van der Waals surface area contributed by atoms with Gasteiger partial charge in [0.2, 0.25) is 21.8 Å². The van der Waals surface area contributed by atoms with Crippen LogP contribution in [0.1, 0.15) is 52.0 Å². The van der Waals surface area contributed by atoms with Gasteiger partial charge in [0.25, 0.3) is 0 Å². The van der Waals surface area contributed by atoms with Crippen LogP contribution in [0.3, 0.4) is 0 Å². The first-order valence-electron chi connectivity index (χ1n) is 13.6. The lowest BCUT2D eigenvalue weighted by Gasteiger charge is -2.41. The standard InChI is InChI=1S/C27H38N4O8S/c1-26(2,3)39-25(36)30-14-15-31(21(17-30)23(33)34)24(35)27(16-20(27)22(32)29-12-8-5-9-13-29)28-40(37,38)18-19-10-6-4-7-11-19/h4,6-7,10-11,20-21,28H,5,8-9,12-18H2,1-3H3,(H,33,34)/t20-,21?,27?/m1/s1. The second-order valence-corrected chi connectivity index (χ2v) is 13.5. The van der Waals surface area contributed by atoms with E-state index < -0.39 is 56.8 Å². The Bertz CT molecular complexity index is 1240. The monoisotopic (exact) mass is 578 g/mol. The average molecular weight is 579 g/mol. The molecule has 0 radical (unpaired) electrons. The van der Waals surface area contributed by atoms with Gasteiger partial charge in [-0.25, -0.2) is 18.0 Å². The van der Waals surface area contributed by atoms with Gasteiger partial charge in [-0.05, 0) is 52.0 Å². The van der Waals surface area contributed by atoms with Crippen LogP contribution in [0.25, 0.3) is 0 Å². The number of carboxylic acid groups (broad SMARTS) is 1. The van der Waals surface area contributed by atoms with E-state index in [1.807, 2.05) is 0 Å². The van der Waals surface area contributed by atoms with Crippen LogP contribution in [0.5, 0.6) is 0 Å². The zero-order valence-electron chi connectivity index (χ0n) is 23.2. The Hall–Kier alpha value is -3.19. The largest absolute Gasteiger partial charge is 0.480 e. The van der Waals surface area contributed by atoms with Crippen LogP contribution < -0.4 is 4.72 Å². The number of piperazine rings is 1. The number of rotatable bonds is 7. The minimum Gasteiger partial charge on any atom is -0.480 e. The Kier molecular flexibility index (Phi) is 8.46. The van der Waals surface area contributed by atoms with Crippen molar-refractivity contribution in [1.29, 1.82) is 0 Å². The first-order valence-corrected chi connectivity index (χ1v) is 15.2. The molecule has 13 heteroatoms. The number of amides is 3. The van der Waals surface area contributed by atoms with E-state index in [0.29, 0.717) is 18.7 Å². The predicted octanol–water partition coefficient (Wildman–Crippen LogP) is 1.41. The molecule has 2 aliphatic heterocycles. The van der Waals surface area contributed by atoms with Crippen molar-refractivity contribution in [3.8, 4) is 0 Å². The number of benzene rings is 1. The number of ether oxygens (including phenoxy) is 1. The summed E-state index contributed by atoms with van der Waals surface area (Å²) in [6, 6.07) is 7.02. The zero-order chi connectivity index (χ0) is 29.3. The topological polar surface area (TPSA) is 154 Å². The van der Waals surface area contributed by atoms with E-state index in [1.54, 1.807) is 56.0 Å². The SMILES string of the molecule is CC(C)(C)OC(=O)N1CCN(C(=O)C2(NS(=O)(=O)Cc3ccccc3)C[C@@H]2C(=O)N2CCCCC2)C(C(=O)O)C1. The summed E-state index contributed by atoms with van der Waals surface area (Å²) < 4.78 is 34.5. The molecule has 12 nitrogen and oxygen atoms in total. The molecule has 3 aliphatic rings. The minimum atomic E-state index is -4.09. The molecule has 1 aromatic rings. The summed E-state index contributed by atoms with van der Waals surface area (Å²) >= 11 is 0. The second kappa shape index (κ2) is 11.4. The summed E-state index contributed by atoms with van der Waals surface area (Å²) in [5.41, 5.74) is -2.07. The van der Waals surface area contributed by atoms with Crippen molar-refractivity contribution in [2.24, 2.45) is 5.92 Å². The van der Waals surface area contributed by atoms with E-state index in [1.165, 1.54) is 4.90 Å². The second-order valence-electron chi connectivity index (χ2n) is 11.7. The smallest absolute Gasteiger partial charge is 0.410 e. The van der Waals surface area contributed by atoms with Gasteiger partial charge in [0.1, 0.15) is 17.2 Å². The molecule has 2 unspecified atom stereocenters. The van der Waals surface area contributed by atoms with Crippen LogP contribution in [0.4, 0.5) is 4.79 Å². The van der Waals surface area contributed by atoms with Crippen molar-refractivity contribution < 1.29 is 37.4 Å². The molecular weight excluding hydrogens is 540 g/mol. The Balaban J connectivity index is 1.59. The number of hydrogen-bond acceptors (Lipinski definition) is 7. The van der Waals surface area contributed by atoms with E-state index in [2.05, 4.69) is 4.72 Å². The number of hydrogen-bond donors (Lipinski definition) is 2. The molecule has 220 valence electrons. The highest BCUT2D eigenvalue weighted by atomic mass is 32.2. The Morgan fingerprint density at radius 3 is 2.25 bits per heavy atom. The molecule has 2 heterocycles. The van der Waals surface area contributed by atoms with Crippen molar-refractivity contribution >= 4 is 33.9 Å². The first kappa shape index (κ1) is 29.8. The van der Waals surface area contributed by atoms with Crippen LogP contribution in [0.15, 0.2) is 30.3 Å². The number of nitrogens with one attached hydrogen (secondary N) is 1. The minimum absolute atomic E-state index is 0.00200. The van der Waals surface area contributed by atoms with Crippen LogP contribution in [0, 0.1) is 5.92 Å². The molecule has 1 aliphatic carbocycles. The number of sulfonamides is 1. The molecule has 3 fully saturated rings. The van der Waals surface area contributed by atoms with Crippen LogP contribution in [-0.2, 0) is 34.9 Å². The van der Waals surface area contributed by atoms with Crippen molar-refractivity contribution in [3.63, 3.8) is 0 Å². The number of carbonyl (C=O) groups excluding carboxylic acids is 3. The maximum Gasteiger partial charge on any atom is 0.410 e. The van der Waals surface area contributed by atoms with Gasteiger partial charge in [-0.15, -0.1) is 0 Å². The Morgan fingerprint density at radius 2 is 1.65 bits per heavy atom. The number of carboxylic acids is 1. The molecule has 2 saturated heterocycles. The number of piperidine rings is 1. The fourth-order valence-electron chi connectivity index (χ4n) is 5.38. The number of aliphatic carboxylic acids is 1. The maximum atomic E-state index is 14.1. The molecule has 0 aromatic heterocycles. The summed E-state index contributed by atoms with van der Waals surface area (Å²) in [5, 5.41) is 10.00. The van der Waals surface area contributed by atoms with Gasteiger partial charge in [0, 0.05) is 26.2 Å². The van der Waals surface area contributed by atoms with Crippen molar-refractivity contribution in [2.45, 2.75) is 69.4 Å². The van der Waals surface area contributed by atoms with Crippen LogP contribution >= 0.6 is 0 Å². The summed E-state index contributed by atoms with van der Waals surface area (Å²) in [7, 11) is -4.09. The molecule has 0 bridgehead atoms. The zero-order valence-corrected chi connectivity index (χ0v) is 24.0. The molecule has 1 saturated carbocycles. The lowest BCUT2D eigenvalue weighted by atomic mass is 10.1. The Labute approximate surface area is 234 Å². The summed E-state index contributed by atoms with van der Waals surface area (Å²) in [4.78, 5) is 56.3. The molecule has 4 rings (SSSR count). The quantitative estimate of drug-likeness (QED) is 0.492. The van der Waals surface area contributed by atoms with Gasteiger partial charge in [0.05, 0.1) is 18.2 Å². The summed E-state index contributed by atoms with van der Waals surface area (Å²) in [5.74, 6) is -3.77. The number of carbonyl (C=O) groups is 4. The third kappa shape index (κ3) is 6.74. The van der Waals surface area contributed by atoms with Crippen molar-refractivity contribution in [1.82, 2.24) is 19.4 Å². The molecule has 2 N–H and O–H groups in total. The maximum absolute atomic E-state index is 14.1. The molecule has 0 spiro atoms. The number of nitrogens with zero attached hydrogens (tertiary/aromatic N) is 3. The van der Waals surface area contributed by atoms with Gasteiger partial charge < -0.3 is 24.5 Å². The molecule has 40 heavy (non-hydrogen) atoms. The third-order valence-corrected chi connectivity index (χ3v) is 8.81. The Morgan fingerprint density at radius 1 is 1.00 bits per heavy atom. The number of likely N-dealkylation sites (tertiary alicyclic amines) is 1. The van der Waals surface area contributed by atoms with E-state index in [9.17, 15) is 32.7 Å². The van der Waals surface area contributed by atoms with Gasteiger partial charge in [-0.2, -0.15) is 4.72 Å². The van der Waals surface area contributed by atoms with Gasteiger partial charge in [0.15, 0.2) is 0 Å². The highest BCUT2D eigenvalue weighted by Gasteiger charge is 2.68. The van der Waals surface area contributed by atoms with E-state index in [-0.39, 0.29) is 32.0 Å². The predicted molar refractivity (Wildman–Crippen MR) is 144 cm³/mol. The highest BCUT2D eigenvalue weighted by molar-refractivity contribution is 7.88. The average Bonchev–Trinajstić information content (AvgIpc) is 3.61. The fourth-order valence-corrected chi connectivity index (χ4v) is 6.95. The van der Waals surface area contributed by atoms with Gasteiger partial charge >= 0.3 is 12.1 Å². The molecular formula is C27H38N4O8S. The first-order chi connectivity index (χ1) is 18.7. The molecule has 3 atom stereocenters. The summed E-state index contributed by atoms with van der Waals surface area (Å²) in [6.07, 6.45) is 1.88. The van der Waals surface area contributed by atoms with E-state index in [0.717, 1.165) is 24.2 Å². The van der Waals surface area contributed by atoms with Gasteiger partial charge in [-0.1, -0.05) is 30.3 Å². The highest BCUT2D eigenvalue weighted by Crippen LogP contribution is 2.48. The molecule has 1 aromatic carbocycles. The normalized spacial score (nSPS) is 25.3. The molecule has 3 amide bonds. The van der Waals surface area contributed by atoms with Crippen LogP contribution in [0.2, 0.25) is 0 Å². The van der Waals surface area contributed by atoms with E-state index in [4.69, 9.17) is 4.74 Å². The summed E-state index contributed by atoms with van der Waals surface area (Å²) in [6.45, 7) is 5.66. The van der Waals surface area contributed by atoms with Crippen LogP contribution in [-0.4, -0.2) is 102 Å². The van der Waals surface area contributed by atoms with Crippen molar-refractivity contribution in [2.75, 3.05) is 32.7 Å². The third-order valence-electron chi connectivity index (χ3n) is 7.42. The lowest BCUT2D eigenvalue weighted by molar-refractivity contribution is -0.155. The van der Waals surface area contributed by atoms with Gasteiger partial charge in [-0.3, -0.25) is 9.59 Å². The van der Waals surface area contributed by atoms with Crippen molar-refractivity contribution in [3.05, 3.63) is 35.9 Å². The lowest BCUT2D eigenvalue weighted by Crippen LogP contribution is -2.64. The van der Waals surface area contributed by atoms with E-state index >= 15 is 0 Å². The fraction of sp³-hybridized carbons (Fsp3) is 0.630.